The molecule has 0 radical (unpaired) electrons. The van der Waals surface area contributed by atoms with E-state index in [0.717, 1.165) is 18.4 Å². The number of fused-ring (bicyclic) bond motifs is 1. The molecule has 0 saturated heterocycles. The first-order valence-corrected chi connectivity index (χ1v) is 9.82. The van der Waals surface area contributed by atoms with E-state index in [1.54, 1.807) is 31.2 Å². The van der Waals surface area contributed by atoms with Gasteiger partial charge in [0.05, 0.1) is 29.9 Å². The van der Waals surface area contributed by atoms with Crippen LogP contribution in [0.25, 0.3) is 16.8 Å². The van der Waals surface area contributed by atoms with E-state index in [2.05, 4.69) is 5.32 Å². The number of carbonyl (C=O) groups is 2. The zero-order chi connectivity index (χ0) is 21.4. The smallest absolute Gasteiger partial charge is 0.424 e. The molecular formula is C21H19ClN2O6. The molecule has 1 aromatic heterocycles. The van der Waals surface area contributed by atoms with Crippen LogP contribution in [0.3, 0.4) is 0 Å². The molecule has 1 amide bonds. The number of methoxy groups -OCH3 is 1. The molecule has 30 heavy (non-hydrogen) atoms. The highest BCUT2D eigenvalue weighted by molar-refractivity contribution is 6.38. The summed E-state index contributed by atoms with van der Waals surface area (Å²) in [7, 11) is 1.53. The Labute approximate surface area is 176 Å². The van der Waals surface area contributed by atoms with Gasteiger partial charge in [-0.2, -0.15) is 0 Å². The molecule has 1 aliphatic carbocycles. The van der Waals surface area contributed by atoms with E-state index in [-0.39, 0.29) is 17.5 Å². The second kappa shape index (κ2) is 7.87. The number of esters is 1. The highest BCUT2D eigenvalue weighted by atomic mass is 35.5. The number of halogens is 1. The average Bonchev–Trinajstić information content (AvgIpc) is 3.51. The van der Waals surface area contributed by atoms with Gasteiger partial charge in [-0.15, -0.1) is 0 Å². The summed E-state index contributed by atoms with van der Waals surface area (Å²) in [5, 5.41) is 2.75. The summed E-state index contributed by atoms with van der Waals surface area (Å²) >= 11 is 6.56. The Balaban J connectivity index is 1.81. The molecule has 0 unspecified atom stereocenters. The number of amides is 1. The minimum Gasteiger partial charge on any atom is -0.497 e. The van der Waals surface area contributed by atoms with E-state index < -0.39 is 17.6 Å². The van der Waals surface area contributed by atoms with Crippen molar-refractivity contribution < 1.29 is 23.5 Å². The first-order valence-electron chi connectivity index (χ1n) is 9.44. The van der Waals surface area contributed by atoms with Crippen LogP contribution in [0, 0.1) is 0 Å². The van der Waals surface area contributed by atoms with Crippen LogP contribution in [0.15, 0.2) is 39.5 Å². The number of hydrogen-bond donors (Lipinski definition) is 1. The summed E-state index contributed by atoms with van der Waals surface area (Å²) in [6.07, 6.45) is 1.86. The zero-order valence-electron chi connectivity index (χ0n) is 16.4. The highest BCUT2D eigenvalue weighted by Crippen LogP contribution is 2.46. The van der Waals surface area contributed by atoms with E-state index >= 15 is 0 Å². The minimum atomic E-state index is -0.975. The van der Waals surface area contributed by atoms with Gasteiger partial charge in [-0.05, 0) is 55.5 Å². The molecule has 1 aliphatic rings. The molecule has 0 aliphatic heterocycles. The second-order valence-electron chi connectivity index (χ2n) is 6.88. The predicted octanol–water partition coefficient (Wildman–Crippen LogP) is 3.62. The molecule has 1 fully saturated rings. The summed E-state index contributed by atoms with van der Waals surface area (Å²) in [5.41, 5.74) is 2.57. The number of anilines is 1. The predicted molar refractivity (Wildman–Crippen MR) is 111 cm³/mol. The molecule has 3 aromatic rings. The van der Waals surface area contributed by atoms with Crippen molar-refractivity contribution in [2.24, 2.45) is 0 Å². The van der Waals surface area contributed by atoms with Crippen LogP contribution in [-0.4, -0.2) is 30.2 Å². The van der Waals surface area contributed by atoms with Crippen molar-refractivity contribution in [3.05, 3.63) is 51.5 Å². The number of hydrogen-bond acceptors (Lipinski definition) is 6. The topological polar surface area (TPSA) is 99.8 Å². The number of ether oxygens (including phenoxy) is 2. The normalized spacial score (nSPS) is 13.3. The van der Waals surface area contributed by atoms with Crippen LogP contribution < -0.4 is 15.8 Å². The van der Waals surface area contributed by atoms with Gasteiger partial charge in [0.25, 0.3) is 0 Å². The lowest BCUT2D eigenvalue weighted by molar-refractivity contribution is -0.152. The molecule has 9 heteroatoms. The monoisotopic (exact) mass is 430 g/mol. The van der Waals surface area contributed by atoms with Crippen molar-refractivity contribution in [3.63, 3.8) is 0 Å². The second-order valence-corrected chi connectivity index (χ2v) is 7.29. The lowest BCUT2D eigenvalue weighted by Crippen LogP contribution is -2.25. The van der Waals surface area contributed by atoms with Gasteiger partial charge in [-0.1, -0.05) is 11.6 Å². The third-order valence-electron chi connectivity index (χ3n) is 4.84. The zero-order valence-corrected chi connectivity index (χ0v) is 17.1. The SMILES string of the molecule is CCOC(=O)C(=O)Nc1cc(Cl)c(-n2c(=O)oc3cc(OC)ccc32)c(C2CC2)c1. The maximum atomic E-state index is 12.7. The fourth-order valence-corrected chi connectivity index (χ4v) is 3.66. The number of oxazole rings is 1. The van der Waals surface area contributed by atoms with E-state index in [1.807, 2.05) is 0 Å². The Kier molecular flexibility index (Phi) is 5.26. The van der Waals surface area contributed by atoms with Crippen LogP contribution in [0.5, 0.6) is 5.75 Å². The van der Waals surface area contributed by atoms with Gasteiger partial charge in [0.15, 0.2) is 5.58 Å². The van der Waals surface area contributed by atoms with Crippen LogP contribution in [0.1, 0.15) is 31.2 Å². The van der Waals surface area contributed by atoms with Crippen molar-refractivity contribution in [3.8, 4) is 11.4 Å². The fourth-order valence-electron chi connectivity index (χ4n) is 3.35. The van der Waals surface area contributed by atoms with Crippen LogP contribution in [-0.2, 0) is 14.3 Å². The van der Waals surface area contributed by atoms with E-state index in [0.29, 0.717) is 28.2 Å². The van der Waals surface area contributed by atoms with Crippen molar-refractivity contribution in [1.82, 2.24) is 4.57 Å². The Bertz CT molecular complexity index is 1210. The number of nitrogens with one attached hydrogen (secondary N) is 1. The molecule has 1 heterocycles. The van der Waals surface area contributed by atoms with Gasteiger partial charge in [-0.3, -0.25) is 4.79 Å². The summed E-state index contributed by atoms with van der Waals surface area (Å²) in [5.74, 6) is -1.69. The first kappa shape index (κ1) is 20.0. The van der Waals surface area contributed by atoms with Crippen molar-refractivity contribution in [1.29, 1.82) is 0 Å². The minimum absolute atomic E-state index is 0.0978. The summed E-state index contributed by atoms with van der Waals surface area (Å²) in [6.45, 7) is 1.71. The molecule has 0 atom stereocenters. The highest BCUT2D eigenvalue weighted by Gasteiger charge is 2.30. The summed E-state index contributed by atoms with van der Waals surface area (Å²) < 4.78 is 16.7. The van der Waals surface area contributed by atoms with Crippen molar-refractivity contribution in [2.45, 2.75) is 25.7 Å². The van der Waals surface area contributed by atoms with Gasteiger partial charge in [0, 0.05) is 11.8 Å². The molecule has 0 bridgehead atoms. The van der Waals surface area contributed by atoms with Crippen LogP contribution in [0.2, 0.25) is 5.02 Å². The van der Waals surface area contributed by atoms with Crippen molar-refractivity contribution >= 4 is 40.3 Å². The third-order valence-corrected chi connectivity index (χ3v) is 5.13. The molecule has 156 valence electrons. The van der Waals surface area contributed by atoms with Gasteiger partial charge in [0.1, 0.15) is 5.75 Å². The molecular weight excluding hydrogens is 412 g/mol. The molecule has 0 spiro atoms. The molecule has 8 nitrogen and oxygen atoms in total. The quantitative estimate of drug-likeness (QED) is 0.490. The van der Waals surface area contributed by atoms with Crippen LogP contribution in [0.4, 0.5) is 5.69 Å². The Hall–Kier alpha value is -3.26. The van der Waals surface area contributed by atoms with E-state index in [4.69, 9.17) is 25.5 Å². The standard InChI is InChI=1S/C21H19ClN2O6/c1-3-29-20(26)19(25)23-12-8-14(11-4-5-11)18(15(22)9-12)24-16-7-6-13(28-2)10-17(16)30-21(24)27/h6-11H,3-5H2,1-2H3,(H,23,25). The number of nitrogens with zero attached hydrogens (tertiary/aromatic N) is 1. The molecule has 1 N–H and O–H groups in total. The van der Waals surface area contributed by atoms with Gasteiger partial charge >= 0.3 is 17.6 Å². The molecule has 1 saturated carbocycles. The number of benzene rings is 2. The number of carbonyl (C=O) groups excluding carboxylic acids is 2. The summed E-state index contributed by atoms with van der Waals surface area (Å²) in [4.78, 5) is 36.3. The van der Waals surface area contributed by atoms with E-state index in [9.17, 15) is 14.4 Å². The Morgan fingerprint density at radius 2 is 2.03 bits per heavy atom. The number of aromatic nitrogens is 1. The van der Waals surface area contributed by atoms with E-state index in [1.165, 1.54) is 17.7 Å². The largest absolute Gasteiger partial charge is 0.497 e. The maximum absolute atomic E-state index is 12.7. The van der Waals surface area contributed by atoms with Crippen LogP contribution >= 0.6 is 11.6 Å². The molecule has 2 aromatic carbocycles. The maximum Gasteiger partial charge on any atom is 0.424 e. The van der Waals surface area contributed by atoms with Gasteiger partial charge in [0.2, 0.25) is 0 Å². The number of rotatable bonds is 5. The first-order chi connectivity index (χ1) is 14.4. The lowest BCUT2D eigenvalue weighted by Gasteiger charge is -2.15. The lowest BCUT2D eigenvalue weighted by atomic mass is 10.1. The molecule has 4 rings (SSSR count). The average molecular weight is 431 g/mol. The van der Waals surface area contributed by atoms with Crippen molar-refractivity contribution in [2.75, 3.05) is 19.0 Å². The Morgan fingerprint density at radius 1 is 1.27 bits per heavy atom. The third kappa shape index (κ3) is 3.66. The fraction of sp³-hybridized carbons (Fsp3) is 0.286. The summed E-state index contributed by atoms with van der Waals surface area (Å²) in [6, 6.07) is 8.31. The Morgan fingerprint density at radius 3 is 2.70 bits per heavy atom. The van der Waals surface area contributed by atoms with Gasteiger partial charge < -0.3 is 19.2 Å². The van der Waals surface area contributed by atoms with Gasteiger partial charge in [-0.25, -0.2) is 14.2 Å².